The fourth-order valence-electron chi connectivity index (χ4n) is 4.58. The molecule has 19 heavy (non-hydrogen) atoms. The second-order valence-corrected chi connectivity index (χ2v) is 6.78. The van der Waals surface area contributed by atoms with E-state index in [1.165, 1.54) is 44.8 Å². The van der Waals surface area contributed by atoms with E-state index in [9.17, 15) is 0 Å². The molecule has 0 aliphatic carbocycles. The Morgan fingerprint density at radius 1 is 1.05 bits per heavy atom. The lowest BCUT2D eigenvalue weighted by Gasteiger charge is -2.54. The molecule has 3 atom stereocenters. The largest absolute Gasteiger partial charge is 0.327 e. The summed E-state index contributed by atoms with van der Waals surface area (Å²) in [5.41, 5.74) is 8.39. The second-order valence-electron chi connectivity index (χ2n) is 6.78. The number of nitrogens with zero attached hydrogens (tertiary/aromatic N) is 2. The van der Waals surface area contributed by atoms with Crippen molar-refractivity contribution in [3.63, 3.8) is 0 Å². The average molecular weight is 257 g/mol. The molecule has 0 radical (unpaired) electrons. The standard InChI is InChI=1S/C16H23N3/c17-15-14-9-18-6-7-19(10-14)12-16(15,11-18)8-13-4-2-1-3-5-13/h1-5,14-15H,6-12,17H2/t14?,15-,16?/m1/s1. The molecule has 102 valence electrons. The average Bonchev–Trinajstić information content (AvgIpc) is 2.65. The van der Waals surface area contributed by atoms with Crippen LogP contribution in [0.25, 0.3) is 0 Å². The van der Waals surface area contributed by atoms with Crippen LogP contribution >= 0.6 is 0 Å². The van der Waals surface area contributed by atoms with Gasteiger partial charge in [0.1, 0.15) is 0 Å². The van der Waals surface area contributed by atoms with E-state index < -0.39 is 0 Å². The van der Waals surface area contributed by atoms with Gasteiger partial charge >= 0.3 is 0 Å². The van der Waals surface area contributed by atoms with Crippen LogP contribution in [0.2, 0.25) is 0 Å². The minimum absolute atomic E-state index is 0.277. The zero-order valence-corrected chi connectivity index (χ0v) is 11.5. The van der Waals surface area contributed by atoms with Crippen LogP contribution in [-0.4, -0.2) is 55.1 Å². The van der Waals surface area contributed by atoms with Gasteiger partial charge < -0.3 is 15.5 Å². The summed E-state index contributed by atoms with van der Waals surface area (Å²) in [7, 11) is 0. The molecule has 0 saturated carbocycles. The summed E-state index contributed by atoms with van der Waals surface area (Å²) in [6.45, 7) is 7.29. The normalized spacial score (nSPS) is 44.3. The third-order valence-electron chi connectivity index (χ3n) is 5.41. The molecule has 2 unspecified atom stereocenters. The summed E-state index contributed by atoms with van der Waals surface area (Å²) in [6, 6.07) is 11.3. The van der Waals surface area contributed by atoms with Crippen LogP contribution in [0.3, 0.4) is 0 Å². The molecule has 4 aliphatic rings. The molecule has 4 aliphatic heterocycles. The van der Waals surface area contributed by atoms with E-state index >= 15 is 0 Å². The molecule has 3 heteroatoms. The van der Waals surface area contributed by atoms with Gasteiger partial charge in [0.2, 0.25) is 0 Å². The van der Waals surface area contributed by atoms with Gasteiger partial charge in [-0.3, -0.25) is 0 Å². The first-order valence-corrected chi connectivity index (χ1v) is 7.49. The number of fused-ring (bicyclic) bond motifs is 1. The Kier molecular flexibility index (Phi) is 2.69. The van der Waals surface area contributed by atoms with Gasteiger partial charge in [0.15, 0.2) is 0 Å². The van der Waals surface area contributed by atoms with E-state index in [0.717, 1.165) is 6.42 Å². The van der Waals surface area contributed by atoms with Gasteiger partial charge in [-0.25, -0.2) is 0 Å². The quantitative estimate of drug-likeness (QED) is 0.851. The van der Waals surface area contributed by atoms with Crippen molar-refractivity contribution in [2.75, 3.05) is 39.3 Å². The van der Waals surface area contributed by atoms with Gasteiger partial charge in [0, 0.05) is 56.6 Å². The molecule has 0 aromatic heterocycles. The molecule has 5 rings (SSSR count). The first kappa shape index (κ1) is 11.9. The summed E-state index contributed by atoms with van der Waals surface area (Å²) in [6.07, 6.45) is 1.14. The highest BCUT2D eigenvalue weighted by molar-refractivity contribution is 5.20. The Morgan fingerprint density at radius 2 is 1.68 bits per heavy atom. The molecule has 3 nitrogen and oxygen atoms in total. The highest BCUT2D eigenvalue weighted by atomic mass is 15.3. The van der Waals surface area contributed by atoms with Crippen LogP contribution in [0, 0.1) is 11.3 Å². The van der Waals surface area contributed by atoms with E-state index in [-0.39, 0.29) is 5.41 Å². The zero-order valence-electron chi connectivity index (χ0n) is 11.5. The first-order chi connectivity index (χ1) is 9.25. The number of piperidine rings is 2. The molecule has 2 N–H and O–H groups in total. The van der Waals surface area contributed by atoms with Crippen molar-refractivity contribution in [1.82, 2.24) is 9.80 Å². The van der Waals surface area contributed by atoms with Crippen molar-refractivity contribution in [1.29, 1.82) is 0 Å². The lowest BCUT2D eigenvalue weighted by molar-refractivity contribution is -0.0162. The Bertz CT molecular complexity index is 442. The van der Waals surface area contributed by atoms with Crippen LogP contribution in [0.4, 0.5) is 0 Å². The van der Waals surface area contributed by atoms with E-state index in [2.05, 4.69) is 40.1 Å². The fraction of sp³-hybridized carbons (Fsp3) is 0.625. The summed E-state index contributed by atoms with van der Waals surface area (Å²) in [5, 5.41) is 0. The number of hydrogen-bond donors (Lipinski definition) is 1. The molecule has 4 bridgehead atoms. The Morgan fingerprint density at radius 3 is 2.32 bits per heavy atom. The molecular formula is C16H23N3. The minimum Gasteiger partial charge on any atom is -0.327 e. The predicted octanol–water partition coefficient (Wildman–Crippen LogP) is 0.804. The van der Waals surface area contributed by atoms with Crippen LogP contribution in [0.5, 0.6) is 0 Å². The van der Waals surface area contributed by atoms with Gasteiger partial charge in [0.05, 0.1) is 0 Å². The number of benzene rings is 1. The maximum atomic E-state index is 6.67. The van der Waals surface area contributed by atoms with Gasteiger partial charge in [-0.2, -0.15) is 0 Å². The first-order valence-electron chi connectivity index (χ1n) is 7.49. The Labute approximate surface area is 115 Å². The third kappa shape index (κ3) is 1.92. The molecule has 0 amide bonds. The van der Waals surface area contributed by atoms with Gasteiger partial charge in [-0.15, -0.1) is 0 Å². The van der Waals surface area contributed by atoms with Gasteiger partial charge in [-0.1, -0.05) is 30.3 Å². The minimum atomic E-state index is 0.277. The summed E-state index contributed by atoms with van der Waals surface area (Å²) in [4.78, 5) is 5.31. The summed E-state index contributed by atoms with van der Waals surface area (Å²) >= 11 is 0. The number of hydrogen-bond acceptors (Lipinski definition) is 3. The Hall–Kier alpha value is -0.900. The lowest BCUT2D eigenvalue weighted by Crippen LogP contribution is -2.67. The van der Waals surface area contributed by atoms with Crippen molar-refractivity contribution in [3.8, 4) is 0 Å². The number of rotatable bonds is 2. The molecule has 4 saturated heterocycles. The number of nitrogens with two attached hydrogens (primary N) is 1. The monoisotopic (exact) mass is 257 g/mol. The highest BCUT2D eigenvalue weighted by Crippen LogP contribution is 2.41. The summed E-state index contributed by atoms with van der Waals surface area (Å²) in [5.74, 6) is 0.675. The van der Waals surface area contributed by atoms with Crippen LogP contribution in [0.1, 0.15) is 5.56 Å². The Balaban J connectivity index is 1.68. The van der Waals surface area contributed by atoms with E-state index in [0.29, 0.717) is 12.0 Å². The third-order valence-corrected chi connectivity index (χ3v) is 5.41. The van der Waals surface area contributed by atoms with Crippen molar-refractivity contribution in [3.05, 3.63) is 35.9 Å². The predicted molar refractivity (Wildman–Crippen MR) is 76.9 cm³/mol. The SMILES string of the molecule is N[C@@H]1C2CN3CCN(C2)CC1(Cc1ccccc1)C3. The van der Waals surface area contributed by atoms with Crippen molar-refractivity contribution in [2.45, 2.75) is 12.5 Å². The smallest absolute Gasteiger partial charge is 0.0176 e. The van der Waals surface area contributed by atoms with E-state index in [1.54, 1.807) is 0 Å². The molecule has 4 heterocycles. The fourth-order valence-corrected chi connectivity index (χ4v) is 4.58. The van der Waals surface area contributed by atoms with Crippen LogP contribution in [-0.2, 0) is 6.42 Å². The molecule has 1 aromatic rings. The maximum absolute atomic E-state index is 6.67. The zero-order chi connectivity index (χ0) is 12.9. The van der Waals surface area contributed by atoms with Crippen LogP contribution < -0.4 is 5.73 Å². The molecular weight excluding hydrogens is 234 g/mol. The van der Waals surface area contributed by atoms with E-state index in [1.807, 2.05) is 0 Å². The van der Waals surface area contributed by atoms with Gasteiger partial charge in [0.25, 0.3) is 0 Å². The lowest BCUT2D eigenvalue weighted by atomic mass is 9.65. The molecule has 0 spiro atoms. The topological polar surface area (TPSA) is 32.5 Å². The van der Waals surface area contributed by atoms with Crippen molar-refractivity contribution >= 4 is 0 Å². The molecule has 1 aromatic carbocycles. The van der Waals surface area contributed by atoms with Gasteiger partial charge in [-0.05, 0) is 12.0 Å². The maximum Gasteiger partial charge on any atom is 0.0176 e. The van der Waals surface area contributed by atoms with Crippen LogP contribution in [0.15, 0.2) is 30.3 Å². The van der Waals surface area contributed by atoms with E-state index in [4.69, 9.17) is 5.73 Å². The second kappa shape index (κ2) is 4.30. The molecule has 4 fully saturated rings. The highest BCUT2D eigenvalue weighted by Gasteiger charge is 2.52. The summed E-state index contributed by atoms with van der Waals surface area (Å²) < 4.78 is 0. The van der Waals surface area contributed by atoms with Crippen molar-refractivity contribution < 1.29 is 0 Å². The van der Waals surface area contributed by atoms with Crippen molar-refractivity contribution in [2.24, 2.45) is 17.1 Å².